The van der Waals surface area contributed by atoms with Crippen molar-refractivity contribution in [3.8, 4) is 17.6 Å². The Kier molecular flexibility index (Phi) is 4.57. The number of ether oxygens (including phenoxy) is 2. The number of amides is 1. The number of carbonyl (C=O) groups excluding carboxylic acids is 1. The van der Waals surface area contributed by atoms with Crippen LogP contribution < -0.4 is 14.8 Å². The van der Waals surface area contributed by atoms with Crippen LogP contribution in [0.4, 0.5) is 5.69 Å². The maximum Gasteiger partial charge on any atom is 0.234 e. The molecule has 2 aromatic carbocycles. The predicted molar refractivity (Wildman–Crippen MR) is 103 cm³/mol. The van der Waals surface area contributed by atoms with E-state index in [0.717, 1.165) is 16.5 Å². The summed E-state index contributed by atoms with van der Waals surface area (Å²) in [6, 6.07) is 15.1. The molecule has 0 fully saturated rings. The summed E-state index contributed by atoms with van der Waals surface area (Å²) in [5.74, 6) is 1.23. The summed E-state index contributed by atoms with van der Waals surface area (Å²) >= 11 is 1.24. The molecule has 0 atom stereocenters. The SMILES string of the molecule is Cc1ccc2nc(SCC(=O)Nc3ccc4c(c3)OCO4)c(C#N)cc2c1. The molecule has 7 heteroatoms. The van der Waals surface area contributed by atoms with E-state index in [1.165, 1.54) is 11.8 Å². The van der Waals surface area contributed by atoms with Gasteiger partial charge in [-0.2, -0.15) is 5.26 Å². The molecular formula is C20H15N3O3S. The Hall–Kier alpha value is -3.24. The van der Waals surface area contributed by atoms with Gasteiger partial charge in [0, 0.05) is 17.1 Å². The molecule has 0 saturated heterocycles. The van der Waals surface area contributed by atoms with Gasteiger partial charge in [-0.1, -0.05) is 23.4 Å². The molecule has 1 aliphatic heterocycles. The molecule has 1 N–H and O–H groups in total. The number of hydrogen-bond donors (Lipinski definition) is 1. The highest BCUT2D eigenvalue weighted by molar-refractivity contribution is 8.00. The molecule has 1 aromatic heterocycles. The number of pyridine rings is 1. The van der Waals surface area contributed by atoms with Crippen LogP contribution in [0.2, 0.25) is 0 Å². The van der Waals surface area contributed by atoms with Crippen LogP contribution in [-0.2, 0) is 4.79 Å². The number of benzene rings is 2. The minimum absolute atomic E-state index is 0.146. The molecule has 0 aliphatic carbocycles. The van der Waals surface area contributed by atoms with Crippen LogP contribution in [0.3, 0.4) is 0 Å². The second kappa shape index (κ2) is 7.17. The van der Waals surface area contributed by atoms with E-state index < -0.39 is 0 Å². The normalized spacial score (nSPS) is 12.0. The number of rotatable bonds is 4. The smallest absolute Gasteiger partial charge is 0.234 e. The fraction of sp³-hybridized carbons (Fsp3) is 0.150. The molecule has 0 bridgehead atoms. The zero-order valence-corrected chi connectivity index (χ0v) is 15.3. The minimum atomic E-state index is -0.187. The monoisotopic (exact) mass is 377 g/mol. The van der Waals surface area contributed by atoms with Gasteiger partial charge in [0.25, 0.3) is 0 Å². The van der Waals surface area contributed by atoms with Gasteiger partial charge in [-0.15, -0.1) is 0 Å². The topological polar surface area (TPSA) is 84.2 Å². The van der Waals surface area contributed by atoms with Crippen molar-refractivity contribution in [1.82, 2.24) is 4.98 Å². The molecule has 27 heavy (non-hydrogen) atoms. The Morgan fingerprint density at radius 2 is 2.07 bits per heavy atom. The van der Waals surface area contributed by atoms with E-state index in [0.29, 0.717) is 27.8 Å². The lowest BCUT2D eigenvalue weighted by Crippen LogP contribution is -2.14. The summed E-state index contributed by atoms with van der Waals surface area (Å²) in [6.45, 7) is 2.18. The van der Waals surface area contributed by atoms with Gasteiger partial charge in [-0.05, 0) is 37.3 Å². The second-order valence-corrected chi connectivity index (χ2v) is 7.02. The number of nitriles is 1. The highest BCUT2D eigenvalue weighted by Gasteiger charge is 2.15. The average molecular weight is 377 g/mol. The van der Waals surface area contributed by atoms with E-state index in [2.05, 4.69) is 16.4 Å². The Morgan fingerprint density at radius 1 is 1.22 bits per heavy atom. The number of carbonyl (C=O) groups is 1. The molecule has 0 spiro atoms. The third-order valence-electron chi connectivity index (χ3n) is 4.05. The zero-order chi connectivity index (χ0) is 18.8. The van der Waals surface area contributed by atoms with Crippen molar-refractivity contribution in [2.45, 2.75) is 11.9 Å². The van der Waals surface area contributed by atoms with Crippen molar-refractivity contribution in [3.05, 3.63) is 53.6 Å². The molecule has 6 nitrogen and oxygen atoms in total. The van der Waals surface area contributed by atoms with E-state index in [9.17, 15) is 10.1 Å². The van der Waals surface area contributed by atoms with Crippen molar-refractivity contribution >= 4 is 34.3 Å². The van der Waals surface area contributed by atoms with Gasteiger partial charge in [-0.3, -0.25) is 4.79 Å². The number of thioether (sulfide) groups is 1. The first-order valence-electron chi connectivity index (χ1n) is 8.26. The molecule has 1 aliphatic rings. The van der Waals surface area contributed by atoms with Crippen molar-refractivity contribution in [2.24, 2.45) is 0 Å². The van der Waals surface area contributed by atoms with Gasteiger partial charge in [0.05, 0.1) is 16.8 Å². The van der Waals surface area contributed by atoms with Crippen LogP contribution >= 0.6 is 11.8 Å². The van der Waals surface area contributed by atoms with Crippen LogP contribution in [-0.4, -0.2) is 23.4 Å². The highest BCUT2D eigenvalue weighted by Crippen LogP contribution is 2.34. The van der Waals surface area contributed by atoms with Crippen LogP contribution in [0.1, 0.15) is 11.1 Å². The molecule has 0 unspecified atom stereocenters. The predicted octanol–water partition coefficient (Wildman–Crippen LogP) is 3.87. The van der Waals surface area contributed by atoms with E-state index >= 15 is 0 Å². The summed E-state index contributed by atoms with van der Waals surface area (Å²) < 4.78 is 10.6. The number of anilines is 1. The van der Waals surface area contributed by atoms with E-state index in [1.54, 1.807) is 18.2 Å². The molecular weight excluding hydrogens is 362 g/mol. The van der Waals surface area contributed by atoms with E-state index in [-0.39, 0.29) is 18.5 Å². The Morgan fingerprint density at radius 3 is 2.93 bits per heavy atom. The molecule has 134 valence electrons. The van der Waals surface area contributed by atoms with Crippen molar-refractivity contribution in [3.63, 3.8) is 0 Å². The Labute approximate surface area is 160 Å². The quantitative estimate of drug-likeness (QED) is 0.695. The van der Waals surface area contributed by atoms with Gasteiger partial charge < -0.3 is 14.8 Å². The number of aromatic nitrogens is 1. The largest absolute Gasteiger partial charge is 0.454 e. The first-order valence-corrected chi connectivity index (χ1v) is 9.25. The molecule has 4 rings (SSSR count). The first-order chi connectivity index (χ1) is 13.1. The van der Waals surface area contributed by atoms with Crippen molar-refractivity contribution in [1.29, 1.82) is 5.26 Å². The lowest BCUT2D eigenvalue weighted by atomic mass is 10.1. The molecule has 3 aromatic rings. The summed E-state index contributed by atoms with van der Waals surface area (Å²) in [7, 11) is 0. The third-order valence-corrected chi connectivity index (χ3v) is 5.04. The van der Waals surface area contributed by atoms with Crippen molar-refractivity contribution in [2.75, 3.05) is 17.9 Å². The number of nitrogens with one attached hydrogen (secondary N) is 1. The maximum atomic E-state index is 12.3. The second-order valence-electron chi connectivity index (χ2n) is 6.05. The van der Waals surface area contributed by atoms with Gasteiger partial charge in [0.15, 0.2) is 11.5 Å². The highest BCUT2D eigenvalue weighted by atomic mass is 32.2. The molecule has 0 saturated carbocycles. The standard InChI is InChI=1S/C20H15N3O3S/c1-12-2-4-16-13(6-12)7-14(9-21)20(23-16)27-10-19(24)22-15-3-5-17-18(8-15)26-11-25-17/h2-8H,10-11H2,1H3,(H,22,24). The van der Waals surface area contributed by atoms with Gasteiger partial charge >= 0.3 is 0 Å². The summed E-state index contributed by atoms with van der Waals surface area (Å²) in [5, 5.41) is 13.7. The number of fused-ring (bicyclic) bond motifs is 2. The Balaban J connectivity index is 1.47. The van der Waals surface area contributed by atoms with Gasteiger partial charge in [0.2, 0.25) is 12.7 Å². The van der Waals surface area contributed by atoms with E-state index in [1.807, 2.05) is 31.2 Å². The van der Waals surface area contributed by atoms with Crippen LogP contribution in [0.5, 0.6) is 11.5 Å². The summed E-state index contributed by atoms with van der Waals surface area (Å²) in [6.07, 6.45) is 0. The summed E-state index contributed by atoms with van der Waals surface area (Å²) in [4.78, 5) is 16.8. The molecule has 1 amide bonds. The van der Waals surface area contributed by atoms with Gasteiger partial charge in [-0.25, -0.2) is 4.98 Å². The van der Waals surface area contributed by atoms with Crippen LogP contribution in [0.15, 0.2) is 47.5 Å². The molecule has 0 radical (unpaired) electrons. The fourth-order valence-electron chi connectivity index (χ4n) is 2.77. The number of aryl methyl sites for hydroxylation is 1. The third kappa shape index (κ3) is 3.66. The maximum absolute atomic E-state index is 12.3. The lowest BCUT2D eigenvalue weighted by molar-refractivity contribution is -0.113. The van der Waals surface area contributed by atoms with Crippen LogP contribution in [0.25, 0.3) is 10.9 Å². The number of nitrogens with zero attached hydrogens (tertiary/aromatic N) is 2. The first kappa shape index (κ1) is 17.2. The fourth-order valence-corrected chi connectivity index (χ4v) is 3.54. The van der Waals surface area contributed by atoms with Gasteiger partial charge in [0.1, 0.15) is 11.1 Å². The average Bonchev–Trinajstić information content (AvgIpc) is 3.13. The minimum Gasteiger partial charge on any atom is -0.454 e. The molecule has 2 heterocycles. The lowest BCUT2D eigenvalue weighted by Gasteiger charge is -2.08. The van der Waals surface area contributed by atoms with E-state index in [4.69, 9.17) is 9.47 Å². The zero-order valence-electron chi connectivity index (χ0n) is 14.5. The van der Waals surface area contributed by atoms with Crippen LogP contribution in [0, 0.1) is 18.3 Å². The number of hydrogen-bond acceptors (Lipinski definition) is 6. The Bertz CT molecular complexity index is 1090. The van der Waals surface area contributed by atoms with Crippen molar-refractivity contribution < 1.29 is 14.3 Å². The summed E-state index contributed by atoms with van der Waals surface area (Å²) in [5.41, 5.74) is 3.01.